The number of halogens is 2. The maximum atomic E-state index is 15.0. The quantitative estimate of drug-likeness (QED) is 0.634. The van der Waals surface area contributed by atoms with Crippen molar-refractivity contribution in [2.75, 3.05) is 26.2 Å². The number of piperazine rings is 1. The molecule has 2 aliphatic rings. The SMILES string of the molecule is NC(=O)c1cc(Cl)c2ccc(-c3ccc(C(=O)N4CCN(C(=O)C5CC5)CC4)cc3F)nn12. The Morgan fingerprint density at radius 3 is 2.33 bits per heavy atom. The summed E-state index contributed by atoms with van der Waals surface area (Å²) in [7, 11) is 0. The number of nitrogens with two attached hydrogens (primary N) is 1. The van der Waals surface area contributed by atoms with Crippen LogP contribution in [0.5, 0.6) is 0 Å². The lowest BCUT2D eigenvalue weighted by Gasteiger charge is -2.35. The van der Waals surface area contributed by atoms with Gasteiger partial charge in [0, 0.05) is 43.2 Å². The van der Waals surface area contributed by atoms with Crippen LogP contribution in [0.25, 0.3) is 16.8 Å². The summed E-state index contributed by atoms with van der Waals surface area (Å²) < 4.78 is 16.3. The van der Waals surface area contributed by atoms with Gasteiger partial charge in [0.15, 0.2) is 0 Å². The van der Waals surface area contributed by atoms with E-state index in [4.69, 9.17) is 17.3 Å². The zero-order valence-corrected chi connectivity index (χ0v) is 18.4. The highest BCUT2D eigenvalue weighted by Crippen LogP contribution is 2.31. The summed E-state index contributed by atoms with van der Waals surface area (Å²) in [6.45, 7) is 1.83. The fourth-order valence-electron chi connectivity index (χ4n) is 4.12. The third-order valence-electron chi connectivity index (χ3n) is 6.12. The molecular formula is C23H21ClFN5O3. The van der Waals surface area contributed by atoms with Gasteiger partial charge in [-0.3, -0.25) is 14.4 Å². The molecule has 1 aliphatic heterocycles. The van der Waals surface area contributed by atoms with Crippen LogP contribution in [0.2, 0.25) is 5.02 Å². The Bertz CT molecular complexity index is 1290. The maximum Gasteiger partial charge on any atom is 0.267 e. The van der Waals surface area contributed by atoms with Crippen molar-refractivity contribution < 1.29 is 18.8 Å². The van der Waals surface area contributed by atoms with Crippen molar-refractivity contribution in [3.63, 3.8) is 0 Å². The van der Waals surface area contributed by atoms with Crippen molar-refractivity contribution in [3.8, 4) is 11.3 Å². The first-order valence-corrected chi connectivity index (χ1v) is 11.1. The molecule has 1 saturated heterocycles. The molecule has 2 aromatic heterocycles. The van der Waals surface area contributed by atoms with E-state index in [0.29, 0.717) is 36.7 Å². The Hall–Kier alpha value is -3.46. The van der Waals surface area contributed by atoms with E-state index >= 15 is 4.39 Å². The molecule has 5 rings (SSSR count). The van der Waals surface area contributed by atoms with Gasteiger partial charge in [-0.15, -0.1) is 0 Å². The van der Waals surface area contributed by atoms with E-state index in [1.54, 1.807) is 28.0 Å². The van der Waals surface area contributed by atoms with E-state index in [0.717, 1.165) is 12.8 Å². The standard InChI is InChI=1S/C23H21ClFN5O3/c24-16-12-20(21(26)31)30-19(16)6-5-18(27-30)15-4-3-14(11-17(15)25)23(33)29-9-7-28(8-10-29)22(32)13-1-2-13/h3-6,11-13H,1-2,7-10H2,(H2,26,31). The molecule has 0 spiro atoms. The normalized spacial score (nSPS) is 16.3. The number of amides is 3. The Balaban J connectivity index is 1.35. The Labute approximate surface area is 193 Å². The third kappa shape index (κ3) is 3.93. The molecule has 8 nitrogen and oxygen atoms in total. The van der Waals surface area contributed by atoms with Crippen molar-refractivity contribution in [1.82, 2.24) is 19.4 Å². The van der Waals surface area contributed by atoms with Crippen molar-refractivity contribution >= 4 is 34.8 Å². The highest BCUT2D eigenvalue weighted by molar-refractivity contribution is 6.34. The van der Waals surface area contributed by atoms with E-state index in [-0.39, 0.29) is 40.2 Å². The second kappa shape index (κ2) is 8.15. The summed E-state index contributed by atoms with van der Waals surface area (Å²) >= 11 is 6.12. The number of hydrogen-bond acceptors (Lipinski definition) is 4. The monoisotopic (exact) mass is 469 g/mol. The van der Waals surface area contributed by atoms with Gasteiger partial charge in [0.2, 0.25) is 5.91 Å². The highest BCUT2D eigenvalue weighted by Gasteiger charge is 2.35. The second-order valence-corrected chi connectivity index (χ2v) is 8.75. The summed E-state index contributed by atoms with van der Waals surface area (Å²) in [5.41, 5.74) is 6.60. The van der Waals surface area contributed by atoms with E-state index in [1.165, 1.54) is 22.7 Å². The molecule has 1 aromatic carbocycles. The van der Waals surface area contributed by atoms with Crippen molar-refractivity contribution in [2.24, 2.45) is 11.7 Å². The van der Waals surface area contributed by atoms with Gasteiger partial charge in [-0.1, -0.05) is 11.6 Å². The molecular weight excluding hydrogens is 449 g/mol. The van der Waals surface area contributed by atoms with Crippen LogP contribution in [0.3, 0.4) is 0 Å². The summed E-state index contributed by atoms with van der Waals surface area (Å²) in [4.78, 5) is 40.2. The van der Waals surface area contributed by atoms with E-state index in [1.807, 2.05) is 0 Å². The Kier molecular flexibility index (Phi) is 5.28. The Morgan fingerprint density at radius 2 is 1.70 bits per heavy atom. The number of nitrogens with zero attached hydrogens (tertiary/aromatic N) is 4. The molecule has 0 unspecified atom stereocenters. The van der Waals surface area contributed by atoms with E-state index in [2.05, 4.69) is 5.10 Å². The van der Waals surface area contributed by atoms with Gasteiger partial charge >= 0.3 is 0 Å². The second-order valence-electron chi connectivity index (χ2n) is 8.34. The predicted octanol–water partition coefficient (Wildman–Crippen LogP) is 2.59. The summed E-state index contributed by atoms with van der Waals surface area (Å²) in [5.74, 6) is -1.28. The van der Waals surface area contributed by atoms with Crippen LogP contribution in [0, 0.1) is 11.7 Å². The lowest BCUT2D eigenvalue weighted by atomic mass is 10.1. The van der Waals surface area contributed by atoms with Crippen molar-refractivity contribution in [1.29, 1.82) is 0 Å². The van der Waals surface area contributed by atoms with E-state index < -0.39 is 11.7 Å². The maximum absolute atomic E-state index is 15.0. The first-order valence-electron chi connectivity index (χ1n) is 10.7. The average Bonchev–Trinajstić information content (AvgIpc) is 3.61. The van der Waals surface area contributed by atoms with Crippen LogP contribution in [0.1, 0.15) is 33.7 Å². The molecule has 3 heterocycles. The lowest BCUT2D eigenvalue weighted by Crippen LogP contribution is -2.51. The van der Waals surface area contributed by atoms with Crippen LogP contribution in [0.15, 0.2) is 36.4 Å². The first kappa shape index (κ1) is 21.4. The predicted molar refractivity (Wildman–Crippen MR) is 119 cm³/mol. The molecule has 0 atom stereocenters. The number of aromatic nitrogens is 2. The van der Waals surface area contributed by atoms with Gasteiger partial charge in [0.25, 0.3) is 11.8 Å². The summed E-state index contributed by atoms with van der Waals surface area (Å²) in [6, 6.07) is 8.83. The average molecular weight is 470 g/mol. The van der Waals surface area contributed by atoms with Gasteiger partial charge in [-0.25, -0.2) is 8.91 Å². The van der Waals surface area contributed by atoms with Crippen LogP contribution in [0.4, 0.5) is 4.39 Å². The molecule has 170 valence electrons. The Morgan fingerprint density at radius 1 is 1.00 bits per heavy atom. The first-order chi connectivity index (χ1) is 15.8. The van der Waals surface area contributed by atoms with Gasteiger partial charge < -0.3 is 15.5 Å². The number of benzene rings is 1. The fraction of sp³-hybridized carbons (Fsp3) is 0.304. The number of carbonyl (C=O) groups is 3. The minimum atomic E-state index is -0.707. The van der Waals surface area contributed by atoms with Gasteiger partial charge in [0.05, 0.1) is 16.2 Å². The number of fused-ring (bicyclic) bond motifs is 1. The largest absolute Gasteiger partial charge is 0.364 e. The van der Waals surface area contributed by atoms with Crippen LogP contribution in [-0.4, -0.2) is 63.3 Å². The molecule has 2 fully saturated rings. The third-order valence-corrected chi connectivity index (χ3v) is 6.42. The van der Waals surface area contributed by atoms with Gasteiger partial charge in [-0.05, 0) is 49.2 Å². The van der Waals surface area contributed by atoms with E-state index in [9.17, 15) is 14.4 Å². The molecule has 1 aliphatic carbocycles. The summed E-state index contributed by atoms with van der Waals surface area (Å²) in [5, 5.41) is 4.62. The fourth-order valence-corrected chi connectivity index (χ4v) is 4.37. The van der Waals surface area contributed by atoms with Gasteiger partial charge in [0.1, 0.15) is 11.5 Å². The molecule has 0 radical (unpaired) electrons. The molecule has 10 heteroatoms. The van der Waals surface area contributed by atoms with Crippen LogP contribution >= 0.6 is 11.6 Å². The molecule has 33 heavy (non-hydrogen) atoms. The molecule has 3 aromatic rings. The molecule has 2 N–H and O–H groups in total. The van der Waals surface area contributed by atoms with Crippen LogP contribution < -0.4 is 5.73 Å². The number of primary amides is 1. The highest BCUT2D eigenvalue weighted by atomic mass is 35.5. The minimum absolute atomic E-state index is 0.0864. The molecule has 1 saturated carbocycles. The molecule has 3 amide bonds. The summed E-state index contributed by atoms with van der Waals surface area (Å²) in [6.07, 6.45) is 1.90. The molecule has 0 bridgehead atoms. The lowest BCUT2D eigenvalue weighted by molar-refractivity contribution is -0.134. The number of rotatable bonds is 4. The van der Waals surface area contributed by atoms with Crippen LogP contribution in [-0.2, 0) is 4.79 Å². The zero-order valence-electron chi connectivity index (χ0n) is 17.6. The zero-order chi connectivity index (χ0) is 23.3. The number of carbonyl (C=O) groups excluding carboxylic acids is 3. The smallest absolute Gasteiger partial charge is 0.267 e. The minimum Gasteiger partial charge on any atom is -0.364 e. The topological polar surface area (TPSA) is 101 Å². The van der Waals surface area contributed by atoms with Gasteiger partial charge in [-0.2, -0.15) is 5.10 Å². The number of hydrogen-bond donors (Lipinski definition) is 1. The van der Waals surface area contributed by atoms with Crippen molar-refractivity contribution in [2.45, 2.75) is 12.8 Å². The van der Waals surface area contributed by atoms with Crippen molar-refractivity contribution in [3.05, 3.63) is 58.5 Å².